The summed E-state index contributed by atoms with van der Waals surface area (Å²) in [6.45, 7) is 1.32. The van der Waals surface area contributed by atoms with Gasteiger partial charge in [-0.3, -0.25) is 19.2 Å². The third kappa shape index (κ3) is 3.96. The number of Topliss-reactive ketones (excluding diaryl/α,β-unsaturated/α-hetero) is 1. The smallest absolute Gasteiger partial charge is 0.274 e. The number of benzene rings is 2. The van der Waals surface area contributed by atoms with Crippen molar-refractivity contribution in [1.82, 2.24) is 10.0 Å². The lowest BCUT2D eigenvalue weighted by Crippen LogP contribution is -2.52. The van der Waals surface area contributed by atoms with Gasteiger partial charge in [0.15, 0.2) is 5.78 Å². The molecule has 2 aliphatic rings. The Balaban J connectivity index is 1.71. The largest absolute Gasteiger partial charge is 0.292 e. The number of amides is 3. The standard InChI is InChI=1S/C24H20ClFN2O4/c1-14-6-11-17-19(12-14)24(32)28(23(17)31)27(22(30)18-4-2-3-5-20(18)25)13-21(29)15-7-9-16(26)10-8-15/h2-10,17,19H,11-13H2,1H3/t17-,19+/m1/s1. The lowest BCUT2D eigenvalue weighted by atomic mass is 9.82. The molecule has 2 aromatic rings. The molecule has 0 N–H and O–H groups in total. The van der Waals surface area contributed by atoms with Crippen molar-refractivity contribution >= 4 is 35.1 Å². The molecule has 4 rings (SSSR count). The van der Waals surface area contributed by atoms with Crippen LogP contribution in [0.5, 0.6) is 0 Å². The maximum absolute atomic E-state index is 13.4. The first-order chi connectivity index (χ1) is 15.3. The van der Waals surface area contributed by atoms with Gasteiger partial charge in [-0.1, -0.05) is 35.4 Å². The molecule has 164 valence electrons. The van der Waals surface area contributed by atoms with Gasteiger partial charge >= 0.3 is 0 Å². The lowest BCUT2D eigenvalue weighted by molar-refractivity contribution is -0.154. The first kappa shape index (κ1) is 21.9. The number of hydrogen-bond acceptors (Lipinski definition) is 4. The summed E-state index contributed by atoms with van der Waals surface area (Å²) in [5, 5.41) is 1.80. The highest BCUT2D eigenvalue weighted by Gasteiger charge is 2.51. The van der Waals surface area contributed by atoms with Crippen molar-refractivity contribution in [3.8, 4) is 0 Å². The van der Waals surface area contributed by atoms with Crippen LogP contribution in [0.4, 0.5) is 4.39 Å². The maximum Gasteiger partial charge on any atom is 0.274 e. The van der Waals surface area contributed by atoms with Crippen LogP contribution < -0.4 is 0 Å². The van der Waals surface area contributed by atoms with E-state index in [0.717, 1.165) is 27.7 Å². The number of imide groups is 1. The van der Waals surface area contributed by atoms with Gasteiger partial charge < -0.3 is 0 Å². The van der Waals surface area contributed by atoms with Crippen molar-refractivity contribution in [1.29, 1.82) is 0 Å². The fourth-order valence-corrected chi connectivity index (χ4v) is 4.34. The van der Waals surface area contributed by atoms with Crippen molar-refractivity contribution in [2.24, 2.45) is 11.8 Å². The summed E-state index contributed by atoms with van der Waals surface area (Å²) in [4.78, 5) is 52.7. The quantitative estimate of drug-likeness (QED) is 0.388. The van der Waals surface area contributed by atoms with E-state index in [2.05, 4.69) is 0 Å². The van der Waals surface area contributed by atoms with E-state index in [1.165, 1.54) is 24.3 Å². The van der Waals surface area contributed by atoms with Crippen LogP contribution in [0.1, 0.15) is 40.5 Å². The summed E-state index contributed by atoms with van der Waals surface area (Å²) >= 11 is 6.18. The first-order valence-electron chi connectivity index (χ1n) is 10.2. The Morgan fingerprint density at radius 2 is 1.72 bits per heavy atom. The second kappa shape index (κ2) is 8.67. The van der Waals surface area contributed by atoms with Gasteiger partial charge in [0.1, 0.15) is 12.4 Å². The molecule has 0 radical (unpaired) electrons. The highest BCUT2D eigenvalue weighted by atomic mass is 35.5. The number of fused-ring (bicyclic) bond motifs is 1. The van der Waals surface area contributed by atoms with Crippen LogP contribution in [-0.2, 0) is 9.59 Å². The zero-order valence-corrected chi connectivity index (χ0v) is 18.0. The van der Waals surface area contributed by atoms with Crippen LogP contribution in [0.15, 0.2) is 60.2 Å². The lowest BCUT2D eigenvalue weighted by Gasteiger charge is -2.30. The SMILES string of the molecule is CC1=CC[C@H]2C(=O)N(N(CC(=O)c3ccc(F)cc3)C(=O)c3ccccc3Cl)C(=O)[C@H]2C1. The molecule has 0 unspecified atom stereocenters. The monoisotopic (exact) mass is 454 g/mol. The molecule has 3 amide bonds. The van der Waals surface area contributed by atoms with Crippen molar-refractivity contribution in [3.05, 3.63) is 82.1 Å². The molecule has 1 aliphatic heterocycles. The zero-order valence-electron chi connectivity index (χ0n) is 17.3. The molecule has 1 saturated heterocycles. The van der Waals surface area contributed by atoms with Crippen molar-refractivity contribution in [2.45, 2.75) is 19.8 Å². The number of hydrogen-bond donors (Lipinski definition) is 0. The van der Waals surface area contributed by atoms with E-state index in [1.807, 2.05) is 13.0 Å². The van der Waals surface area contributed by atoms with E-state index in [-0.39, 0.29) is 16.1 Å². The van der Waals surface area contributed by atoms with Crippen LogP contribution in [0.3, 0.4) is 0 Å². The summed E-state index contributed by atoms with van der Waals surface area (Å²) in [7, 11) is 0. The molecule has 1 aliphatic carbocycles. The number of rotatable bonds is 5. The molecule has 0 aromatic heterocycles. The first-order valence-corrected chi connectivity index (χ1v) is 10.5. The van der Waals surface area contributed by atoms with E-state index < -0.39 is 47.7 Å². The number of ketones is 1. The normalized spacial score (nSPS) is 20.1. The minimum Gasteiger partial charge on any atom is -0.292 e. The molecule has 8 heteroatoms. The van der Waals surface area contributed by atoms with Crippen molar-refractivity contribution in [3.63, 3.8) is 0 Å². The summed E-state index contributed by atoms with van der Waals surface area (Å²) in [6.07, 6.45) is 2.74. The van der Waals surface area contributed by atoms with Gasteiger partial charge in [0.2, 0.25) is 0 Å². The molecule has 0 spiro atoms. The van der Waals surface area contributed by atoms with Gasteiger partial charge in [-0.2, -0.15) is 5.01 Å². The highest BCUT2D eigenvalue weighted by Crippen LogP contribution is 2.38. The molecule has 32 heavy (non-hydrogen) atoms. The molecule has 0 saturated carbocycles. The number of carbonyl (C=O) groups is 4. The number of allylic oxidation sites excluding steroid dienone is 2. The second-order valence-corrected chi connectivity index (χ2v) is 8.37. The summed E-state index contributed by atoms with van der Waals surface area (Å²) < 4.78 is 13.3. The zero-order chi connectivity index (χ0) is 23.0. The number of halogens is 2. The number of carbonyl (C=O) groups excluding carboxylic acids is 4. The number of hydrazine groups is 1. The summed E-state index contributed by atoms with van der Waals surface area (Å²) in [5.41, 5.74) is 1.21. The summed E-state index contributed by atoms with van der Waals surface area (Å²) in [5.74, 6) is -3.98. The Hall–Kier alpha value is -3.32. The molecule has 1 heterocycles. The fraction of sp³-hybridized carbons (Fsp3) is 0.250. The minimum absolute atomic E-state index is 0.0610. The van der Waals surface area contributed by atoms with E-state index >= 15 is 0 Å². The Labute approximate surface area is 189 Å². The van der Waals surface area contributed by atoms with Crippen molar-refractivity contribution in [2.75, 3.05) is 6.54 Å². The van der Waals surface area contributed by atoms with E-state index in [0.29, 0.717) is 12.8 Å². The third-order valence-electron chi connectivity index (χ3n) is 5.84. The van der Waals surface area contributed by atoms with Gasteiger partial charge in [-0.15, -0.1) is 0 Å². The Bertz CT molecular complexity index is 1140. The van der Waals surface area contributed by atoms with Crippen LogP contribution >= 0.6 is 11.6 Å². The van der Waals surface area contributed by atoms with Crippen LogP contribution in [0.2, 0.25) is 5.02 Å². The van der Waals surface area contributed by atoms with Gasteiger partial charge in [0.25, 0.3) is 17.7 Å². The van der Waals surface area contributed by atoms with E-state index in [9.17, 15) is 23.6 Å². The topological polar surface area (TPSA) is 74.8 Å². The van der Waals surface area contributed by atoms with Crippen LogP contribution in [0.25, 0.3) is 0 Å². The van der Waals surface area contributed by atoms with Gasteiger partial charge in [-0.05, 0) is 56.2 Å². The van der Waals surface area contributed by atoms with Gasteiger partial charge in [0.05, 0.1) is 22.4 Å². The average molecular weight is 455 g/mol. The van der Waals surface area contributed by atoms with Gasteiger partial charge in [-0.25, -0.2) is 9.40 Å². The van der Waals surface area contributed by atoms with Crippen molar-refractivity contribution < 1.29 is 23.6 Å². The molecule has 2 aromatic carbocycles. The molecule has 1 fully saturated rings. The molecule has 0 bridgehead atoms. The maximum atomic E-state index is 13.4. The Kier molecular flexibility index (Phi) is 5.93. The van der Waals surface area contributed by atoms with Crippen LogP contribution in [0, 0.1) is 17.7 Å². The Morgan fingerprint density at radius 3 is 2.41 bits per heavy atom. The molecule has 2 atom stereocenters. The van der Waals surface area contributed by atoms with Gasteiger partial charge in [0, 0.05) is 5.56 Å². The Morgan fingerprint density at radius 1 is 1.06 bits per heavy atom. The molecular formula is C24H20ClFN2O4. The highest BCUT2D eigenvalue weighted by molar-refractivity contribution is 6.34. The molecular weight excluding hydrogens is 435 g/mol. The second-order valence-electron chi connectivity index (χ2n) is 7.96. The van der Waals surface area contributed by atoms with E-state index in [1.54, 1.807) is 12.1 Å². The minimum atomic E-state index is -0.740. The van der Waals surface area contributed by atoms with E-state index in [4.69, 9.17) is 11.6 Å². The fourth-order valence-electron chi connectivity index (χ4n) is 4.13. The predicted octanol–water partition coefficient (Wildman–Crippen LogP) is 4.06. The number of nitrogens with zero attached hydrogens (tertiary/aromatic N) is 2. The predicted molar refractivity (Wildman–Crippen MR) is 115 cm³/mol. The third-order valence-corrected chi connectivity index (χ3v) is 6.17. The average Bonchev–Trinajstić information content (AvgIpc) is 3.01. The van der Waals surface area contributed by atoms with Crippen LogP contribution in [-0.4, -0.2) is 40.1 Å². The molecule has 6 nitrogen and oxygen atoms in total. The summed E-state index contributed by atoms with van der Waals surface area (Å²) in [6, 6.07) is 11.0.